The highest BCUT2D eigenvalue weighted by atomic mass is 15.2. The van der Waals surface area contributed by atoms with E-state index in [4.69, 9.17) is 5.73 Å². The van der Waals surface area contributed by atoms with Gasteiger partial charge in [-0.25, -0.2) is 0 Å². The zero-order chi connectivity index (χ0) is 5.78. The van der Waals surface area contributed by atoms with Crippen LogP contribution < -0.4 is 5.73 Å². The second-order valence-electron chi connectivity index (χ2n) is 2.90. The van der Waals surface area contributed by atoms with E-state index >= 15 is 0 Å². The van der Waals surface area contributed by atoms with Crippen LogP contribution in [-0.4, -0.2) is 24.0 Å². The largest absolute Gasteiger partial charge is 0.378 e. The average molecular weight is 110 g/mol. The van der Waals surface area contributed by atoms with E-state index in [0.717, 1.165) is 13.0 Å². The Balaban J connectivity index is 2.28. The fourth-order valence-electron chi connectivity index (χ4n) is 1.38. The van der Waals surface area contributed by atoms with Crippen molar-refractivity contribution in [2.45, 2.75) is 12.0 Å². The molecule has 1 heterocycles. The lowest BCUT2D eigenvalue weighted by Gasteiger charge is -2.11. The van der Waals surface area contributed by atoms with E-state index in [1.165, 1.54) is 5.57 Å². The highest BCUT2D eigenvalue weighted by molar-refractivity contribution is 5.42. The van der Waals surface area contributed by atoms with E-state index in [0.29, 0.717) is 0 Å². The Bertz CT molecular complexity index is 162. The van der Waals surface area contributed by atoms with Gasteiger partial charge in [0.2, 0.25) is 0 Å². The van der Waals surface area contributed by atoms with Crippen molar-refractivity contribution in [3.63, 3.8) is 0 Å². The molecule has 0 bridgehead atoms. The molecule has 1 fully saturated rings. The molecule has 0 amide bonds. The molecule has 2 heteroatoms. The molecule has 1 atom stereocenters. The number of nitrogens with zero attached hydrogens (tertiary/aromatic N) is 1. The Morgan fingerprint density at radius 2 is 2.62 bits per heavy atom. The molecule has 0 aromatic rings. The van der Waals surface area contributed by atoms with Gasteiger partial charge in [-0.1, -0.05) is 0 Å². The van der Waals surface area contributed by atoms with Crippen LogP contribution in [0.4, 0.5) is 0 Å². The molecule has 44 valence electrons. The first kappa shape index (κ1) is 4.39. The number of rotatable bonds is 0. The fourth-order valence-corrected chi connectivity index (χ4v) is 1.38. The maximum Gasteiger partial charge on any atom is 0.0603 e. The molecule has 2 rings (SSSR count). The molecule has 0 radical (unpaired) electrons. The Labute approximate surface area is 49.0 Å². The van der Waals surface area contributed by atoms with Gasteiger partial charge in [0.1, 0.15) is 0 Å². The molecule has 1 aliphatic heterocycles. The lowest BCUT2D eigenvalue weighted by atomic mass is 10.3. The van der Waals surface area contributed by atoms with E-state index in [9.17, 15) is 0 Å². The summed E-state index contributed by atoms with van der Waals surface area (Å²) in [7, 11) is 2.06. The van der Waals surface area contributed by atoms with Crippen molar-refractivity contribution in [2.75, 3.05) is 13.6 Å². The van der Waals surface area contributed by atoms with Crippen molar-refractivity contribution in [3.05, 3.63) is 11.8 Å². The van der Waals surface area contributed by atoms with Crippen LogP contribution >= 0.6 is 0 Å². The third kappa shape index (κ3) is 0.364. The van der Waals surface area contributed by atoms with Gasteiger partial charge < -0.3 is 10.6 Å². The molecule has 1 saturated carbocycles. The standard InChI is InChI=1S/C6H10N2/c1-8-3-5-2-6(5,7)4-8/h3H,2,4,7H2,1H3. The maximum atomic E-state index is 5.83. The van der Waals surface area contributed by atoms with Crippen LogP contribution in [0.15, 0.2) is 11.8 Å². The summed E-state index contributed by atoms with van der Waals surface area (Å²) in [6, 6.07) is 0. The third-order valence-electron chi connectivity index (χ3n) is 1.93. The summed E-state index contributed by atoms with van der Waals surface area (Å²) in [5, 5.41) is 0. The van der Waals surface area contributed by atoms with Gasteiger partial charge in [0.05, 0.1) is 5.54 Å². The van der Waals surface area contributed by atoms with Gasteiger partial charge in [0.15, 0.2) is 0 Å². The summed E-state index contributed by atoms with van der Waals surface area (Å²) < 4.78 is 0. The van der Waals surface area contributed by atoms with Gasteiger partial charge in [0.25, 0.3) is 0 Å². The summed E-state index contributed by atoms with van der Waals surface area (Å²) in [5.74, 6) is 0. The summed E-state index contributed by atoms with van der Waals surface area (Å²) in [6.45, 7) is 1.03. The molecule has 2 N–H and O–H groups in total. The summed E-state index contributed by atoms with van der Waals surface area (Å²) in [5.41, 5.74) is 7.38. The number of nitrogens with two attached hydrogens (primary N) is 1. The van der Waals surface area contributed by atoms with E-state index in [2.05, 4.69) is 18.1 Å². The first-order valence-electron chi connectivity index (χ1n) is 2.91. The van der Waals surface area contributed by atoms with Crippen molar-refractivity contribution in [2.24, 2.45) is 5.73 Å². The highest BCUT2D eigenvalue weighted by Gasteiger charge is 2.49. The van der Waals surface area contributed by atoms with Gasteiger partial charge in [-0.2, -0.15) is 0 Å². The molecule has 0 aromatic carbocycles. The van der Waals surface area contributed by atoms with Crippen molar-refractivity contribution in [1.29, 1.82) is 0 Å². The minimum atomic E-state index is 0.120. The van der Waals surface area contributed by atoms with E-state index < -0.39 is 0 Å². The molecular weight excluding hydrogens is 100 g/mol. The zero-order valence-electron chi connectivity index (χ0n) is 5.02. The van der Waals surface area contributed by atoms with Gasteiger partial charge in [0, 0.05) is 19.8 Å². The van der Waals surface area contributed by atoms with Gasteiger partial charge >= 0.3 is 0 Å². The first-order chi connectivity index (χ1) is 3.71. The lowest BCUT2D eigenvalue weighted by molar-refractivity contribution is 0.432. The van der Waals surface area contributed by atoms with Crippen LogP contribution in [0.3, 0.4) is 0 Å². The SMILES string of the molecule is CN1C=C2CC2(N)C1. The molecular formula is C6H10N2. The number of fused-ring (bicyclic) bond motifs is 1. The minimum absolute atomic E-state index is 0.120. The summed E-state index contributed by atoms with van der Waals surface area (Å²) >= 11 is 0. The van der Waals surface area contributed by atoms with Crippen molar-refractivity contribution < 1.29 is 0 Å². The van der Waals surface area contributed by atoms with Crippen LogP contribution in [0.5, 0.6) is 0 Å². The number of likely N-dealkylation sites (N-methyl/N-ethyl adjacent to an activating group) is 1. The third-order valence-corrected chi connectivity index (χ3v) is 1.93. The van der Waals surface area contributed by atoms with Crippen LogP contribution in [0.1, 0.15) is 6.42 Å². The second-order valence-corrected chi connectivity index (χ2v) is 2.90. The summed E-state index contributed by atoms with van der Waals surface area (Å²) in [6.07, 6.45) is 3.29. The predicted octanol–water partition coefficient (Wildman–Crippen LogP) is -0.0831. The molecule has 8 heavy (non-hydrogen) atoms. The van der Waals surface area contributed by atoms with Crippen molar-refractivity contribution >= 4 is 0 Å². The Kier molecular flexibility index (Phi) is 0.513. The average Bonchev–Trinajstić information content (AvgIpc) is 2.07. The topological polar surface area (TPSA) is 29.3 Å². The monoisotopic (exact) mass is 110 g/mol. The predicted molar refractivity (Wildman–Crippen MR) is 32.2 cm³/mol. The first-order valence-corrected chi connectivity index (χ1v) is 2.91. The second kappa shape index (κ2) is 0.935. The van der Waals surface area contributed by atoms with Gasteiger partial charge in [-0.05, 0) is 12.0 Å². The molecule has 2 aliphatic rings. The Morgan fingerprint density at radius 1 is 1.88 bits per heavy atom. The smallest absolute Gasteiger partial charge is 0.0603 e. The molecule has 2 nitrogen and oxygen atoms in total. The lowest BCUT2D eigenvalue weighted by Crippen LogP contribution is -2.31. The normalized spacial score (nSPS) is 41.8. The van der Waals surface area contributed by atoms with Gasteiger partial charge in [-0.15, -0.1) is 0 Å². The van der Waals surface area contributed by atoms with Crippen LogP contribution in [0.25, 0.3) is 0 Å². The number of hydrogen-bond acceptors (Lipinski definition) is 2. The molecule has 0 spiro atoms. The van der Waals surface area contributed by atoms with Crippen LogP contribution in [-0.2, 0) is 0 Å². The Morgan fingerprint density at radius 3 is 2.88 bits per heavy atom. The van der Waals surface area contributed by atoms with E-state index in [1.54, 1.807) is 0 Å². The van der Waals surface area contributed by atoms with Crippen LogP contribution in [0.2, 0.25) is 0 Å². The molecule has 0 saturated heterocycles. The molecule has 0 aromatic heterocycles. The van der Waals surface area contributed by atoms with Crippen molar-refractivity contribution in [3.8, 4) is 0 Å². The fraction of sp³-hybridized carbons (Fsp3) is 0.667. The Hall–Kier alpha value is -0.500. The van der Waals surface area contributed by atoms with Crippen LogP contribution in [0, 0.1) is 0 Å². The summed E-state index contributed by atoms with van der Waals surface area (Å²) in [4.78, 5) is 2.15. The van der Waals surface area contributed by atoms with E-state index in [-0.39, 0.29) is 5.54 Å². The molecule has 1 aliphatic carbocycles. The maximum absolute atomic E-state index is 5.83. The molecule has 1 unspecified atom stereocenters. The zero-order valence-corrected chi connectivity index (χ0v) is 5.02. The number of hydrogen-bond donors (Lipinski definition) is 1. The minimum Gasteiger partial charge on any atom is -0.378 e. The van der Waals surface area contributed by atoms with E-state index in [1.807, 2.05) is 0 Å². The van der Waals surface area contributed by atoms with Crippen molar-refractivity contribution in [1.82, 2.24) is 4.90 Å². The quantitative estimate of drug-likeness (QED) is 0.472. The highest BCUT2D eigenvalue weighted by Crippen LogP contribution is 2.44. The van der Waals surface area contributed by atoms with Gasteiger partial charge in [-0.3, -0.25) is 0 Å².